The molecule has 0 spiro atoms. The molecule has 23 heavy (non-hydrogen) atoms. The molecule has 1 atom stereocenters. The summed E-state index contributed by atoms with van der Waals surface area (Å²) < 4.78 is 10.3. The monoisotopic (exact) mass is 323 g/mol. The van der Waals surface area contributed by atoms with Gasteiger partial charge in [0.1, 0.15) is 5.75 Å². The molecule has 1 aromatic carbocycles. The van der Waals surface area contributed by atoms with E-state index in [1.807, 2.05) is 19.1 Å². The summed E-state index contributed by atoms with van der Waals surface area (Å²) in [6.07, 6.45) is -0.586. The Hall–Kier alpha value is -2.08. The van der Waals surface area contributed by atoms with Gasteiger partial charge in [0.15, 0.2) is 6.61 Å². The number of ether oxygens (including phenoxy) is 2. The standard InChI is InChI=1S/C17H25NO5/c1-4-22-17(21)9-10-18(11-14(3)19)16(20)12-23-15-7-5-13(2)6-8-15/h5-8,14,19H,4,9-12H2,1-3H3. The van der Waals surface area contributed by atoms with Crippen LogP contribution in [0.3, 0.4) is 0 Å². The predicted molar refractivity (Wildman–Crippen MR) is 86.2 cm³/mol. The van der Waals surface area contributed by atoms with Gasteiger partial charge in [-0.3, -0.25) is 9.59 Å². The van der Waals surface area contributed by atoms with Crippen LogP contribution in [0.15, 0.2) is 24.3 Å². The zero-order valence-electron chi connectivity index (χ0n) is 13.9. The average molecular weight is 323 g/mol. The number of carbonyl (C=O) groups excluding carboxylic acids is 2. The molecule has 0 bridgehead atoms. The van der Waals surface area contributed by atoms with E-state index in [0.717, 1.165) is 5.56 Å². The Morgan fingerprint density at radius 3 is 2.48 bits per heavy atom. The van der Waals surface area contributed by atoms with Crippen molar-refractivity contribution < 1.29 is 24.2 Å². The van der Waals surface area contributed by atoms with E-state index in [1.165, 1.54) is 4.90 Å². The van der Waals surface area contributed by atoms with Gasteiger partial charge in [0.25, 0.3) is 5.91 Å². The minimum Gasteiger partial charge on any atom is -0.484 e. The lowest BCUT2D eigenvalue weighted by molar-refractivity contribution is -0.144. The molecule has 0 radical (unpaired) electrons. The van der Waals surface area contributed by atoms with Crippen molar-refractivity contribution in [2.75, 3.05) is 26.3 Å². The van der Waals surface area contributed by atoms with Gasteiger partial charge in [-0.2, -0.15) is 0 Å². The van der Waals surface area contributed by atoms with Gasteiger partial charge in [-0.1, -0.05) is 17.7 Å². The molecule has 1 N–H and O–H groups in total. The van der Waals surface area contributed by atoms with Gasteiger partial charge >= 0.3 is 5.97 Å². The number of hydrogen-bond donors (Lipinski definition) is 1. The van der Waals surface area contributed by atoms with Crippen LogP contribution in [0.4, 0.5) is 0 Å². The molecule has 128 valence electrons. The number of aliphatic hydroxyl groups is 1. The highest BCUT2D eigenvalue weighted by Gasteiger charge is 2.18. The molecule has 0 saturated heterocycles. The van der Waals surface area contributed by atoms with Gasteiger partial charge in [0.05, 0.1) is 19.1 Å². The highest BCUT2D eigenvalue weighted by Crippen LogP contribution is 2.11. The Balaban J connectivity index is 2.53. The molecule has 0 fully saturated rings. The lowest BCUT2D eigenvalue weighted by Gasteiger charge is -2.23. The fourth-order valence-corrected chi connectivity index (χ4v) is 1.97. The van der Waals surface area contributed by atoms with Crippen LogP contribution in [0.5, 0.6) is 5.75 Å². The molecule has 0 aliphatic carbocycles. The second kappa shape index (κ2) is 9.84. The van der Waals surface area contributed by atoms with Crippen LogP contribution in [0.2, 0.25) is 0 Å². The zero-order valence-corrected chi connectivity index (χ0v) is 13.9. The number of esters is 1. The molecular formula is C17H25NO5. The summed E-state index contributed by atoms with van der Waals surface area (Å²) in [4.78, 5) is 25.1. The van der Waals surface area contributed by atoms with Crippen LogP contribution in [0.25, 0.3) is 0 Å². The molecule has 1 unspecified atom stereocenters. The third-order valence-electron chi connectivity index (χ3n) is 3.11. The van der Waals surface area contributed by atoms with Gasteiger partial charge in [0, 0.05) is 13.1 Å². The number of amides is 1. The van der Waals surface area contributed by atoms with Crippen molar-refractivity contribution in [3.63, 3.8) is 0 Å². The van der Waals surface area contributed by atoms with Crippen molar-refractivity contribution in [3.8, 4) is 5.75 Å². The van der Waals surface area contributed by atoms with Crippen LogP contribution in [-0.4, -0.2) is 54.3 Å². The highest BCUT2D eigenvalue weighted by molar-refractivity contribution is 5.78. The van der Waals surface area contributed by atoms with Gasteiger partial charge in [-0.25, -0.2) is 0 Å². The van der Waals surface area contributed by atoms with Crippen molar-refractivity contribution in [3.05, 3.63) is 29.8 Å². The van der Waals surface area contributed by atoms with Gasteiger partial charge < -0.3 is 19.5 Å². The molecule has 1 rings (SSSR count). The summed E-state index contributed by atoms with van der Waals surface area (Å²) in [6.45, 7) is 5.79. The van der Waals surface area contributed by atoms with Crippen molar-refractivity contribution >= 4 is 11.9 Å². The average Bonchev–Trinajstić information content (AvgIpc) is 2.50. The van der Waals surface area contributed by atoms with Crippen molar-refractivity contribution in [2.24, 2.45) is 0 Å². The van der Waals surface area contributed by atoms with Crippen molar-refractivity contribution in [1.29, 1.82) is 0 Å². The minimum absolute atomic E-state index is 0.0941. The lowest BCUT2D eigenvalue weighted by atomic mass is 10.2. The smallest absolute Gasteiger partial charge is 0.307 e. The van der Waals surface area contributed by atoms with E-state index in [9.17, 15) is 14.7 Å². The summed E-state index contributed by atoms with van der Waals surface area (Å²) in [6, 6.07) is 7.38. The number of rotatable bonds is 9. The molecule has 0 aliphatic heterocycles. The van der Waals surface area contributed by atoms with Crippen molar-refractivity contribution in [1.82, 2.24) is 4.90 Å². The van der Waals surface area contributed by atoms with E-state index in [4.69, 9.17) is 9.47 Å². The van der Waals surface area contributed by atoms with Gasteiger partial charge in [-0.15, -0.1) is 0 Å². The van der Waals surface area contributed by atoms with Crippen LogP contribution >= 0.6 is 0 Å². The fourth-order valence-electron chi connectivity index (χ4n) is 1.97. The zero-order chi connectivity index (χ0) is 17.2. The first-order valence-electron chi connectivity index (χ1n) is 7.73. The molecular weight excluding hydrogens is 298 g/mol. The number of benzene rings is 1. The Morgan fingerprint density at radius 2 is 1.91 bits per heavy atom. The van der Waals surface area contributed by atoms with E-state index in [2.05, 4.69) is 0 Å². The Kier molecular flexibility index (Phi) is 8.11. The second-order valence-corrected chi connectivity index (χ2v) is 5.35. The second-order valence-electron chi connectivity index (χ2n) is 5.35. The van der Waals surface area contributed by atoms with Crippen molar-refractivity contribution in [2.45, 2.75) is 33.3 Å². The third-order valence-corrected chi connectivity index (χ3v) is 3.11. The van der Waals surface area contributed by atoms with Crippen LogP contribution in [0, 0.1) is 6.92 Å². The molecule has 0 heterocycles. The third kappa shape index (κ3) is 7.65. The van der Waals surface area contributed by atoms with Crippen LogP contribution in [0.1, 0.15) is 25.8 Å². The minimum atomic E-state index is -0.680. The number of carbonyl (C=O) groups is 2. The van der Waals surface area contributed by atoms with E-state index in [0.29, 0.717) is 12.4 Å². The maximum absolute atomic E-state index is 12.2. The Labute approximate surface area is 137 Å². The van der Waals surface area contributed by atoms with Gasteiger partial charge in [-0.05, 0) is 32.9 Å². The van der Waals surface area contributed by atoms with Crippen LogP contribution in [-0.2, 0) is 14.3 Å². The van der Waals surface area contributed by atoms with E-state index < -0.39 is 6.10 Å². The summed E-state index contributed by atoms with van der Waals surface area (Å²) in [5, 5.41) is 9.51. The quantitative estimate of drug-likeness (QED) is 0.698. The van der Waals surface area contributed by atoms with E-state index >= 15 is 0 Å². The molecule has 0 aliphatic rings. The van der Waals surface area contributed by atoms with Crippen LogP contribution < -0.4 is 4.74 Å². The summed E-state index contributed by atoms with van der Waals surface area (Å²) >= 11 is 0. The lowest BCUT2D eigenvalue weighted by Crippen LogP contribution is -2.40. The molecule has 0 saturated carbocycles. The molecule has 0 aromatic heterocycles. The number of hydrogen-bond acceptors (Lipinski definition) is 5. The topological polar surface area (TPSA) is 76.1 Å². The summed E-state index contributed by atoms with van der Waals surface area (Å²) in [7, 11) is 0. The maximum Gasteiger partial charge on any atom is 0.307 e. The normalized spacial score (nSPS) is 11.7. The first kappa shape index (κ1) is 19.0. The first-order valence-corrected chi connectivity index (χ1v) is 7.73. The fraction of sp³-hybridized carbons (Fsp3) is 0.529. The molecule has 6 nitrogen and oxygen atoms in total. The predicted octanol–water partition coefficient (Wildman–Crippen LogP) is 1.54. The van der Waals surface area contributed by atoms with E-state index in [-0.39, 0.29) is 38.0 Å². The SMILES string of the molecule is CCOC(=O)CCN(CC(C)O)C(=O)COc1ccc(C)cc1. The number of aryl methyl sites for hydroxylation is 1. The molecule has 1 amide bonds. The number of nitrogens with zero attached hydrogens (tertiary/aromatic N) is 1. The Bertz CT molecular complexity index is 498. The molecule has 1 aromatic rings. The Morgan fingerprint density at radius 1 is 1.26 bits per heavy atom. The summed E-state index contributed by atoms with van der Waals surface area (Å²) in [5.74, 6) is -0.0440. The maximum atomic E-state index is 12.2. The number of aliphatic hydroxyl groups excluding tert-OH is 1. The largest absolute Gasteiger partial charge is 0.484 e. The van der Waals surface area contributed by atoms with Gasteiger partial charge in [0.2, 0.25) is 0 Å². The first-order chi connectivity index (χ1) is 10.9. The summed E-state index contributed by atoms with van der Waals surface area (Å²) in [5.41, 5.74) is 1.11. The van der Waals surface area contributed by atoms with E-state index in [1.54, 1.807) is 26.0 Å². The highest BCUT2D eigenvalue weighted by atomic mass is 16.5. The molecule has 6 heteroatoms.